The minimum atomic E-state index is -0.650. The molecule has 32 heavy (non-hydrogen) atoms. The Morgan fingerprint density at radius 1 is 0.969 bits per heavy atom. The van der Waals surface area contributed by atoms with Gasteiger partial charge in [0.2, 0.25) is 11.8 Å². The molecule has 2 aromatic heterocycles. The van der Waals surface area contributed by atoms with E-state index in [9.17, 15) is 9.59 Å². The van der Waals surface area contributed by atoms with Gasteiger partial charge in [0.25, 0.3) is 0 Å². The van der Waals surface area contributed by atoms with Crippen LogP contribution in [0, 0.1) is 0 Å². The van der Waals surface area contributed by atoms with Crippen LogP contribution in [0.5, 0.6) is 0 Å². The van der Waals surface area contributed by atoms with E-state index in [1.807, 2.05) is 41.1 Å². The Bertz CT molecular complexity index is 1070. The van der Waals surface area contributed by atoms with Crippen LogP contribution < -0.4 is 10.2 Å². The number of carbonyl (C=O) groups excluding carboxylic acids is 2. The molecular weight excluding hydrogens is 436 g/mol. The quantitative estimate of drug-likeness (QED) is 0.489. The SMILES string of the molecule is O=C(NC1CCCC1)C(c1cccs1)N(C(=O)Cc1cccs1)c1ccc2c(c1)CCC2. The maximum Gasteiger partial charge on any atom is 0.248 e. The molecule has 1 atom stereocenters. The lowest BCUT2D eigenvalue weighted by atomic mass is 10.1. The van der Waals surface area contributed by atoms with E-state index in [1.54, 1.807) is 16.2 Å². The summed E-state index contributed by atoms with van der Waals surface area (Å²) in [4.78, 5) is 31.1. The van der Waals surface area contributed by atoms with E-state index < -0.39 is 6.04 Å². The molecule has 4 nitrogen and oxygen atoms in total. The molecule has 1 N–H and O–H groups in total. The van der Waals surface area contributed by atoms with Crippen molar-refractivity contribution in [1.82, 2.24) is 5.32 Å². The number of amides is 2. The van der Waals surface area contributed by atoms with E-state index in [0.717, 1.165) is 60.4 Å². The van der Waals surface area contributed by atoms with Crippen LogP contribution in [0.1, 0.15) is 59.0 Å². The van der Waals surface area contributed by atoms with E-state index in [2.05, 4.69) is 17.4 Å². The first-order chi connectivity index (χ1) is 15.7. The molecule has 2 aliphatic rings. The van der Waals surface area contributed by atoms with Crippen molar-refractivity contribution in [1.29, 1.82) is 0 Å². The summed E-state index contributed by atoms with van der Waals surface area (Å²) in [6.07, 6.45) is 7.92. The zero-order valence-electron chi connectivity index (χ0n) is 18.1. The van der Waals surface area contributed by atoms with Crippen molar-refractivity contribution in [2.24, 2.45) is 0 Å². The molecule has 1 saturated carbocycles. The number of thiophene rings is 2. The summed E-state index contributed by atoms with van der Waals surface area (Å²) in [5, 5.41) is 7.23. The van der Waals surface area contributed by atoms with Crippen LogP contribution in [0.4, 0.5) is 5.69 Å². The second-order valence-corrected chi connectivity index (χ2v) is 10.7. The Hall–Kier alpha value is -2.44. The van der Waals surface area contributed by atoms with E-state index in [0.29, 0.717) is 6.42 Å². The zero-order chi connectivity index (χ0) is 21.9. The highest BCUT2D eigenvalue weighted by Gasteiger charge is 2.35. The molecule has 1 unspecified atom stereocenters. The molecule has 2 amide bonds. The minimum absolute atomic E-state index is 0.0367. The third kappa shape index (κ3) is 4.52. The monoisotopic (exact) mass is 464 g/mol. The van der Waals surface area contributed by atoms with Gasteiger partial charge in [-0.25, -0.2) is 0 Å². The van der Waals surface area contributed by atoms with Gasteiger partial charge in [-0.1, -0.05) is 31.0 Å². The lowest BCUT2D eigenvalue weighted by Crippen LogP contribution is -2.46. The van der Waals surface area contributed by atoms with Gasteiger partial charge in [-0.3, -0.25) is 14.5 Å². The Balaban J connectivity index is 1.53. The highest BCUT2D eigenvalue weighted by Crippen LogP contribution is 2.35. The fraction of sp³-hybridized carbons (Fsp3) is 0.385. The first-order valence-corrected chi connectivity index (χ1v) is 13.2. The van der Waals surface area contributed by atoms with Crippen LogP contribution in [0.3, 0.4) is 0 Å². The average Bonchev–Trinajstić information content (AvgIpc) is 3.59. The van der Waals surface area contributed by atoms with Crippen molar-refractivity contribution >= 4 is 40.2 Å². The number of fused-ring (bicyclic) bond motifs is 1. The van der Waals surface area contributed by atoms with Gasteiger partial charge in [0.05, 0.1) is 6.42 Å². The second-order valence-electron chi connectivity index (χ2n) is 8.73. The van der Waals surface area contributed by atoms with E-state index >= 15 is 0 Å². The van der Waals surface area contributed by atoms with Gasteiger partial charge in [0.1, 0.15) is 6.04 Å². The van der Waals surface area contributed by atoms with E-state index in [-0.39, 0.29) is 17.9 Å². The van der Waals surface area contributed by atoms with Gasteiger partial charge >= 0.3 is 0 Å². The Morgan fingerprint density at radius 2 is 1.75 bits per heavy atom. The van der Waals surface area contributed by atoms with Gasteiger partial charge in [0.15, 0.2) is 0 Å². The summed E-state index contributed by atoms with van der Waals surface area (Å²) >= 11 is 3.12. The number of carbonyl (C=O) groups is 2. The third-order valence-electron chi connectivity index (χ3n) is 6.56. The number of hydrogen-bond donors (Lipinski definition) is 1. The Labute approximate surface area is 197 Å². The Morgan fingerprint density at radius 3 is 2.50 bits per heavy atom. The second kappa shape index (κ2) is 9.59. The Kier molecular flexibility index (Phi) is 6.42. The maximum atomic E-state index is 13.7. The minimum Gasteiger partial charge on any atom is -0.351 e. The summed E-state index contributed by atoms with van der Waals surface area (Å²) in [6.45, 7) is 0. The molecule has 0 radical (unpaired) electrons. The van der Waals surface area contributed by atoms with Crippen LogP contribution in [-0.2, 0) is 28.9 Å². The van der Waals surface area contributed by atoms with Crippen LogP contribution in [0.2, 0.25) is 0 Å². The molecule has 166 valence electrons. The molecule has 0 aliphatic heterocycles. The summed E-state index contributed by atoms with van der Waals surface area (Å²) in [7, 11) is 0. The smallest absolute Gasteiger partial charge is 0.248 e. The maximum absolute atomic E-state index is 13.7. The number of aryl methyl sites for hydroxylation is 2. The topological polar surface area (TPSA) is 49.4 Å². The number of nitrogens with zero attached hydrogens (tertiary/aromatic N) is 1. The zero-order valence-corrected chi connectivity index (χ0v) is 19.7. The molecular formula is C26H28N2O2S2. The highest BCUT2D eigenvalue weighted by molar-refractivity contribution is 7.10. The van der Waals surface area contributed by atoms with E-state index in [4.69, 9.17) is 0 Å². The number of rotatable bonds is 7. The van der Waals surface area contributed by atoms with Crippen molar-refractivity contribution in [3.63, 3.8) is 0 Å². The molecule has 3 aromatic rings. The summed E-state index contributed by atoms with van der Waals surface area (Å²) in [5.74, 6) is -0.107. The largest absolute Gasteiger partial charge is 0.351 e. The molecule has 1 fully saturated rings. The van der Waals surface area contributed by atoms with Gasteiger partial charge < -0.3 is 5.32 Å². The summed E-state index contributed by atoms with van der Waals surface area (Å²) in [5.41, 5.74) is 3.49. The lowest BCUT2D eigenvalue weighted by molar-refractivity contribution is -0.126. The van der Waals surface area contributed by atoms with Crippen molar-refractivity contribution < 1.29 is 9.59 Å². The van der Waals surface area contributed by atoms with Gasteiger partial charge in [-0.05, 0) is 78.3 Å². The number of nitrogens with one attached hydrogen (secondary N) is 1. The number of anilines is 1. The van der Waals surface area contributed by atoms with Crippen molar-refractivity contribution in [3.05, 3.63) is 74.1 Å². The molecule has 6 heteroatoms. The van der Waals surface area contributed by atoms with E-state index in [1.165, 1.54) is 22.5 Å². The molecule has 2 heterocycles. The van der Waals surface area contributed by atoms with Crippen LogP contribution in [0.15, 0.2) is 53.2 Å². The third-order valence-corrected chi connectivity index (χ3v) is 8.36. The predicted octanol–water partition coefficient (Wildman–Crippen LogP) is 5.67. The highest BCUT2D eigenvalue weighted by atomic mass is 32.1. The average molecular weight is 465 g/mol. The van der Waals surface area contributed by atoms with Gasteiger partial charge in [-0.2, -0.15) is 0 Å². The van der Waals surface area contributed by atoms with Crippen molar-refractivity contribution in [2.45, 2.75) is 63.5 Å². The summed E-state index contributed by atoms with van der Waals surface area (Å²) < 4.78 is 0. The van der Waals surface area contributed by atoms with Gasteiger partial charge in [0, 0.05) is 21.5 Å². The molecule has 1 aromatic carbocycles. The van der Waals surface area contributed by atoms with Crippen LogP contribution >= 0.6 is 22.7 Å². The summed E-state index contributed by atoms with van der Waals surface area (Å²) in [6, 6.07) is 13.8. The van der Waals surface area contributed by atoms with Gasteiger partial charge in [-0.15, -0.1) is 22.7 Å². The lowest BCUT2D eigenvalue weighted by Gasteiger charge is -2.32. The van der Waals surface area contributed by atoms with Crippen molar-refractivity contribution in [3.8, 4) is 0 Å². The van der Waals surface area contributed by atoms with Crippen LogP contribution in [0.25, 0.3) is 0 Å². The van der Waals surface area contributed by atoms with Crippen molar-refractivity contribution in [2.75, 3.05) is 4.90 Å². The molecule has 0 spiro atoms. The first-order valence-electron chi connectivity index (χ1n) is 11.5. The molecule has 0 saturated heterocycles. The normalized spacial score (nSPS) is 16.6. The molecule has 0 bridgehead atoms. The standard InChI is InChI=1S/C26H28N2O2S2/c29-24(17-22-10-4-14-31-22)28(21-13-12-18-6-3-7-19(18)16-21)25(23-11-5-15-32-23)26(30)27-20-8-1-2-9-20/h4-5,10-16,20,25H,1-3,6-9,17H2,(H,27,30). The van der Waals surface area contributed by atoms with Crippen LogP contribution in [-0.4, -0.2) is 17.9 Å². The number of hydrogen-bond acceptors (Lipinski definition) is 4. The first kappa shape index (κ1) is 21.4. The number of benzene rings is 1. The molecule has 5 rings (SSSR count). The fourth-order valence-corrected chi connectivity index (χ4v) is 6.47. The fourth-order valence-electron chi connectivity index (χ4n) is 4.96. The molecule has 2 aliphatic carbocycles. The predicted molar refractivity (Wildman–Crippen MR) is 131 cm³/mol.